The monoisotopic (exact) mass is 268 g/mol. The molecule has 0 aliphatic heterocycles. The molecule has 0 spiro atoms. The Morgan fingerprint density at radius 3 is 2.47 bits per heavy atom. The van der Waals surface area contributed by atoms with Crippen molar-refractivity contribution in [3.05, 3.63) is 0 Å². The SMILES string of the molecule is CC(C)(C)OC(=O)NCCCNCC1(C2CC2)CC1. The zero-order valence-electron chi connectivity index (χ0n) is 12.6. The van der Waals surface area contributed by atoms with E-state index in [0.29, 0.717) is 12.0 Å². The average molecular weight is 268 g/mol. The molecular formula is C15H28N2O2. The van der Waals surface area contributed by atoms with Gasteiger partial charge >= 0.3 is 6.09 Å². The standard InChI is InChI=1S/C15H28N2O2/c1-14(2,3)19-13(18)17-10-4-9-16-11-15(7-8-15)12-5-6-12/h12,16H,4-11H2,1-3H3,(H,17,18). The van der Waals surface area contributed by atoms with E-state index in [-0.39, 0.29) is 6.09 Å². The van der Waals surface area contributed by atoms with Crippen LogP contribution in [0.3, 0.4) is 0 Å². The van der Waals surface area contributed by atoms with Crippen molar-refractivity contribution < 1.29 is 9.53 Å². The van der Waals surface area contributed by atoms with Crippen LogP contribution >= 0.6 is 0 Å². The van der Waals surface area contributed by atoms with E-state index in [0.717, 1.165) is 18.9 Å². The third kappa shape index (κ3) is 5.01. The first-order valence-corrected chi connectivity index (χ1v) is 7.59. The van der Waals surface area contributed by atoms with Gasteiger partial charge in [-0.3, -0.25) is 0 Å². The Kier molecular flexibility index (Phi) is 4.39. The van der Waals surface area contributed by atoms with Gasteiger partial charge in [-0.05, 0) is 70.8 Å². The van der Waals surface area contributed by atoms with E-state index < -0.39 is 5.60 Å². The van der Waals surface area contributed by atoms with Gasteiger partial charge in [0.2, 0.25) is 0 Å². The van der Waals surface area contributed by atoms with Crippen LogP contribution in [-0.2, 0) is 4.74 Å². The lowest BCUT2D eigenvalue weighted by atomic mass is 10.0. The van der Waals surface area contributed by atoms with Crippen molar-refractivity contribution in [2.24, 2.45) is 11.3 Å². The summed E-state index contributed by atoms with van der Waals surface area (Å²) in [6, 6.07) is 0. The number of amides is 1. The quantitative estimate of drug-likeness (QED) is 0.698. The number of rotatable bonds is 7. The second kappa shape index (κ2) is 5.70. The van der Waals surface area contributed by atoms with Gasteiger partial charge < -0.3 is 15.4 Å². The lowest BCUT2D eigenvalue weighted by Crippen LogP contribution is -2.34. The first-order valence-electron chi connectivity index (χ1n) is 7.59. The first kappa shape index (κ1) is 14.6. The fraction of sp³-hybridized carbons (Fsp3) is 0.933. The summed E-state index contributed by atoms with van der Waals surface area (Å²) in [7, 11) is 0. The van der Waals surface area contributed by atoms with Crippen LogP contribution in [0.2, 0.25) is 0 Å². The maximum atomic E-state index is 11.4. The third-order valence-electron chi connectivity index (χ3n) is 4.01. The van der Waals surface area contributed by atoms with Crippen molar-refractivity contribution in [3.8, 4) is 0 Å². The fourth-order valence-corrected chi connectivity index (χ4v) is 2.64. The predicted molar refractivity (Wildman–Crippen MR) is 76.1 cm³/mol. The molecule has 2 fully saturated rings. The van der Waals surface area contributed by atoms with E-state index in [1.54, 1.807) is 0 Å². The topological polar surface area (TPSA) is 50.4 Å². The fourth-order valence-electron chi connectivity index (χ4n) is 2.64. The molecule has 0 aromatic carbocycles. The van der Waals surface area contributed by atoms with E-state index in [1.807, 2.05) is 20.8 Å². The minimum atomic E-state index is -0.412. The molecular weight excluding hydrogens is 240 g/mol. The van der Waals surface area contributed by atoms with Crippen molar-refractivity contribution in [2.75, 3.05) is 19.6 Å². The van der Waals surface area contributed by atoms with Gasteiger partial charge in [-0.15, -0.1) is 0 Å². The zero-order chi connectivity index (χ0) is 13.9. The van der Waals surface area contributed by atoms with Gasteiger partial charge in [0.05, 0.1) is 0 Å². The number of hydrogen-bond donors (Lipinski definition) is 2. The van der Waals surface area contributed by atoms with Crippen LogP contribution in [0.1, 0.15) is 52.9 Å². The van der Waals surface area contributed by atoms with Crippen molar-refractivity contribution in [2.45, 2.75) is 58.5 Å². The zero-order valence-corrected chi connectivity index (χ0v) is 12.6. The van der Waals surface area contributed by atoms with Crippen molar-refractivity contribution in [1.82, 2.24) is 10.6 Å². The molecule has 0 bridgehead atoms. The molecule has 2 aliphatic rings. The minimum absolute atomic E-state index is 0.316. The van der Waals surface area contributed by atoms with Gasteiger partial charge in [0.1, 0.15) is 5.60 Å². The summed E-state index contributed by atoms with van der Waals surface area (Å²) in [4.78, 5) is 11.4. The van der Waals surface area contributed by atoms with Crippen LogP contribution in [-0.4, -0.2) is 31.3 Å². The van der Waals surface area contributed by atoms with Crippen LogP contribution in [0, 0.1) is 11.3 Å². The molecule has 4 nitrogen and oxygen atoms in total. The van der Waals surface area contributed by atoms with E-state index >= 15 is 0 Å². The highest BCUT2D eigenvalue weighted by atomic mass is 16.6. The molecule has 2 N–H and O–H groups in total. The lowest BCUT2D eigenvalue weighted by molar-refractivity contribution is 0.0527. The predicted octanol–water partition coefficient (Wildman–Crippen LogP) is 2.68. The smallest absolute Gasteiger partial charge is 0.407 e. The van der Waals surface area contributed by atoms with Crippen LogP contribution < -0.4 is 10.6 Å². The molecule has 1 amide bonds. The molecule has 19 heavy (non-hydrogen) atoms. The summed E-state index contributed by atoms with van der Waals surface area (Å²) >= 11 is 0. The normalized spacial score (nSPS) is 21.0. The molecule has 0 aromatic heterocycles. The Morgan fingerprint density at radius 1 is 1.26 bits per heavy atom. The Labute approximate surface area is 116 Å². The largest absolute Gasteiger partial charge is 0.444 e. The summed E-state index contributed by atoms with van der Waals surface area (Å²) in [5, 5.41) is 6.33. The molecule has 0 heterocycles. The highest BCUT2D eigenvalue weighted by Crippen LogP contribution is 2.60. The van der Waals surface area contributed by atoms with Crippen LogP contribution in [0.25, 0.3) is 0 Å². The van der Waals surface area contributed by atoms with Gasteiger partial charge in [0.25, 0.3) is 0 Å². The van der Waals surface area contributed by atoms with Crippen molar-refractivity contribution >= 4 is 6.09 Å². The average Bonchev–Trinajstić information content (AvgIpc) is 3.12. The van der Waals surface area contributed by atoms with Gasteiger partial charge in [0.15, 0.2) is 0 Å². The lowest BCUT2D eigenvalue weighted by Gasteiger charge is -2.19. The Morgan fingerprint density at radius 2 is 1.95 bits per heavy atom. The van der Waals surface area contributed by atoms with Gasteiger partial charge in [0, 0.05) is 13.1 Å². The molecule has 0 atom stereocenters. The molecule has 2 rings (SSSR count). The van der Waals surface area contributed by atoms with E-state index in [4.69, 9.17) is 4.74 Å². The summed E-state index contributed by atoms with van der Waals surface area (Å²) in [6.07, 6.45) is 6.37. The van der Waals surface area contributed by atoms with Crippen molar-refractivity contribution in [1.29, 1.82) is 0 Å². The van der Waals surface area contributed by atoms with Gasteiger partial charge in [-0.1, -0.05) is 0 Å². The molecule has 0 saturated heterocycles. The summed E-state index contributed by atoms with van der Waals surface area (Å²) in [5.74, 6) is 1.01. The van der Waals surface area contributed by atoms with Crippen LogP contribution in [0.15, 0.2) is 0 Å². The summed E-state index contributed by atoms with van der Waals surface area (Å²) < 4.78 is 5.18. The number of nitrogens with one attached hydrogen (secondary N) is 2. The molecule has 0 aromatic rings. The third-order valence-corrected chi connectivity index (χ3v) is 4.01. The van der Waals surface area contributed by atoms with Crippen molar-refractivity contribution in [3.63, 3.8) is 0 Å². The second-order valence-electron chi connectivity index (χ2n) is 7.10. The van der Waals surface area contributed by atoms with E-state index in [2.05, 4.69) is 10.6 Å². The molecule has 110 valence electrons. The van der Waals surface area contributed by atoms with Crippen LogP contribution in [0.4, 0.5) is 4.79 Å². The maximum Gasteiger partial charge on any atom is 0.407 e. The number of alkyl carbamates (subject to hydrolysis) is 1. The highest BCUT2D eigenvalue weighted by Gasteiger charge is 2.52. The number of ether oxygens (including phenoxy) is 1. The minimum Gasteiger partial charge on any atom is -0.444 e. The summed E-state index contributed by atoms with van der Waals surface area (Å²) in [6.45, 7) is 8.45. The summed E-state index contributed by atoms with van der Waals surface area (Å²) in [5.41, 5.74) is 0.254. The van der Waals surface area contributed by atoms with Crippen LogP contribution in [0.5, 0.6) is 0 Å². The Balaban J connectivity index is 1.45. The highest BCUT2D eigenvalue weighted by molar-refractivity contribution is 5.67. The number of carbonyl (C=O) groups excluding carboxylic acids is 1. The molecule has 0 unspecified atom stereocenters. The van der Waals surface area contributed by atoms with E-state index in [1.165, 1.54) is 32.2 Å². The maximum absolute atomic E-state index is 11.4. The second-order valence-corrected chi connectivity index (χ2v) is 7.10. The Bertz CT molecular complexity index is 315. The molecule has 2 saturated carbocycles. The molecule has 4 heteroatoms. The molecule has 0 radical (unpaired) electrons. The van der Waals surface area contributed by atoms with Gasteiger partial charge in [-0.2, -0.15) is 0 Å². The Hall–Kier alpha value is -0.770. The van der Waals surface area contributed by atoms with Gasteiger partial charge in [-0.25, -0.2) is 4.79 Å². The molecule has 2 aliphatic carbocycles. The first-order chi connectivity index (χ1) is 8.91. The van der Waals surface area contributed by atoms with E-state index in [9.17, 15) is 4.79 Å². The number of carbonyl (C=O) groups is 1. The number of hydrogen-bond acceptors (Lipinski definition) is 3.